The molecule has 2 aromatic rings. The van der Waals surface area contributed by atoms with Crippen molar-refractivity contribution >= 4 is 11.4 Å². The predicted molar refractivity (Wildman–Crippen MR) is 79.6 cm³/mol. The molecule has 0 radical (unpaired) electrons. The lowest BCUT2D eigenvalue weighted by molar-refractivity contribution is -0.384. The number of hydrogen-bond donors (Lipinski definition) is 3. The summed E-state index contributed by atoms with van der Waals surface area (Å²) in [5.41, 5.74) is 2.27. The number of nitro benzene ring substituents is 1. The quantitative estimate of drug-likeness (QED) is 0.591. The Bertz CT molecular complexity index is 665. The highest BCUT2D eigenvalue weighted by Gasteiger charge is 2.12. The van der Waals surface area contributed by atoms with Crippen LogP contribution in [0, 0.1) is 17.0 Å². The fraction of sp³-hybridized carbons (Fsp3) is 0.200. The van der Waals surface area contributed by atoms with Gasteiger partial charge in [0.1, 0.15) is 11.5 Å². The monoisotopic (exact) mass is 288 g/mol. The standard InChI is InChI=1S/C15H16N2O4/c1-9-5-12(17(20)21)3-4-15(9)16-10(2)11-6-13(18)8-14(19)7-11/h3-8,10,16,18-19H,1-2H3. The molecule has 2 aromatic carbocycles. The topological polar surface area (TPSA) is 95.6 Å². The normalized spacial score (nSPS) is 11.9. The number of benzene rings is 2. The fourth-order valence-electron chi connectivity index (χ4n) is 2.11. The molecule has 0 aliphatic heterocycles. The highest BCUT2D eigenvalue weighted by molar-refractivity contribution is 5.56. The van der Waals surface area contributed by atoms with Crippen LogP contribution in [0.3, 0.4) is 0 Å². The van der Waals surface area contributed by atoms with E-state index in [1.807, 2.05) is 6.92 Å². The lowest BCUT2D eigenvalue weighted by Gasteiger charge is -2.18. The van der Waals surface area contributed by atoms with Gasteiger partial charge in [-0.3, -0.25) is 10.1 Å². The zero-order chi connectivity index (χ0) is 15.6. The van der Waals surface area contributed by atoms with E-state index in [2.05, 4.69) is 5.32 Å². The molecule has 6 heteroatoms. The SMILES string of the molecule is Cc1cc([N+](=O)[O-])ccc1NC(C)c1cc(O)cc(O)c1. The minimum Gasteiger partial charge on any atom is -0.508 e. The number of phenolic OH excluding ortho intramolecular Hbond substituents is 2. The number of non-ortho nitro benzene ring substituents is 1. The Morgan fingerprint density at radius 1 is 1.14 bits per heavy atom. The third-order valence-corrected chi connectivity index (χ3v) is 3.22. The Labute approximate surface area is 121 Å². The predicted octanol–water partition coefficient (Wildman–Crippen LogP) is 3.49. The number of rotatable bonds is 4. The average molecular weight is 288 g/mol. The van der Waals surface area contributed by atoms with E-state index in [1.54, 1.807) is 25.1 Å². The van der Waals surface area contributed by atoms with E-state index in [0.717, 1.165) is 11.3 Å². The van der Waals surface area contributed by atoms with Crippen LogP contribution in [0.5, 0.6) is 11.5 Å². The van der Waals surface area contributed by atoms with Crippen LogP contribution in [0.1, 0.15) is 24.1 Å². The summed E-state index contributed by atoms with van der Waals surface area (Å²) in [5, 5.41) is 32.9. The summed E-state index contributed by atoms with van der Waals surface area (Å²) in [6.07, 6.45) is 0. The maximum Gasteiger partial charge on any atom is 0.269 e. The fourth-order valence-corrected chi connectivity index (χ4v) is 2.11. The van der Waals surface area contributed by atoms with Gasteiger partial charge in [0.15, 0.2) is 0 Å². The maximum atomic E-state index is 10.7. The number of phenols is 2. The van der Waals surface area contributed by atoms with Crippen molar-refractivity contribution in [3.63, 3.8) is 0 Å². The second kappa shape index (κ2) is 5.70. The molecule has 21 heavy (non-hydrogen) atoms. The van der Waals surface area contributed by atoms with Crippen molar-refractivity contribution in [2.75, 3.05) is 5.32 Å². The molecular formula is C15H16N2O4. The molecule has 3 N–H and O–H groups in total. The van der Waals surface area contributed by atoms with Gasteiger partial charge in [0, 0.05) is 29.9 Å². The highest BCUT2D eigenvalue weighted by Crippen LogP contribution is 2.29. The average Bonchev–Trinajstić information content (AvgIpc) is 2.39. The third kappa shape index (κ3) is 3.42. The molecule has 0 saturated heterocycles. The van der Waals surface area contributed by atoms with Crippen LogP contribution in [0.15, 0.2) is 36.4 Å². The Morgan fingerprint density at radius 2 is 1.76 bits per heavy atom. The van der Waals surface area contributed by atoms with Crippen LogP contribution in [0.4, 0.5) is 11.4 Å². The Hall–Kier alpha value is -2.76. The molecule has 6 nitrogen and oxygen atoms in total. The summed E-state index contributed by atoms with van der Waals surface area (Å²) >= 11 is 0. The first-order valence-corrected chi connectivity index (χ1v) is 6.41. The van der Waals surface area contributed by atoms with E-state index in [1.165, 1.54) is 18.2 Å². The van der Waals surface area contributed by atoms with Gasteiger partial charge in [-0.05, 0) is 43.2 Å². The van der Waals surface area contributed by atoms with E-state index in [9.17, 15) is 20.3 Å². The number of anilines is 1. The number of hydrogen-bond acceptors (Lipinski definition) is 5. The molecule has 0 amide bonds. The second-order valence-electron chi connectivity index (χ2n) is 4.91. The summed E-state index contributed by atoms with van der Waals surface area (Å²) < 4.78 is 0. The van der Waals surface area contributed by atoms with E-state index in [0.29, 0.717) is 5.56 Å². The molecule has 2 rings (SSSR count). The minimum atomic E-state index is -0.437. The highest BCUT2D eigenvalue weighted by atomic mass is 16.6. The first-order chi connectivity index (χ1) is 9.86. The van der Waals surface area contributed by atoms with Crippen molar-refractivity contribution in [3.05, 3.63) is 57.6 Å². The zero-order valence-electron chi connectivity index (χ0n) is 11.7. The molecule has 0 aromatic heterocycles. The molecule has 0 aliphatic rings. The number of aromatic hydroxyl groups is 2. The van der Waals surface area contributed by atoms with E-state index >= 15 is 0 Å². The minimum absolute atomic E-state index is 0.0147. The number of nitrogens with one attached hydrogen (secondary N) is 1. The Balaban J connectivity index is 2.23. The molecule has 110 valence electrons. The van der Waals surface area contributed by atoms with Crippen LogP contribution < -0.4 is 5.32 Å². The largest absolute Gasteiger partial charge is 0.508 e. The summed E-state index contributed by atoms with van der Waals surface area (Å²) in [5.74, 6) is -0.0295. The molecular weight excluding hydrogens is 272 g/mol. The van der Waals surface area contributed by atoms with Crippen LogP contribution in [-0.4, -0.2) is 15.1 Å². The summed E-state index contributed by atoms with van der Waals surface area (Å²) in [4.78, 5) is 10.3. The molecule has 0 saturated carbocycles. The van der Waals surface area contributed by atoms with Gasteiger partial charge in [-0.25, -0.2) is 0 Å². The van der Waals surface area contributed by atoms with Crippen LogP contribution >= 0.6 is 0 Å². The van der Waals surface area contributed by atoms with Crippen molar-refractivity contribution in [2.45, 2.75) is 19.9 Å². The van der Waals surface area contributed by atoms with Crippen molar-refractivity contribution in [1.29, 1.82) is 0 Å². The van der Waals surface area contributed by atoms with Gasteiger partial charge in [-0.15, -0.1) is 0 Å². The van der Waals surface area contributed by atoms with Crippen molar-refractivity contribution < 1.29 is 15.1 Å². The molecule has 0 heterocycles. The van der Waals surface area contributed by atoms with Crippen LogP contribution in [-0.2, 0) is 0 Å². The lowest BCUT2D eigenvalue weighted by Crippen LogP contribution is -2.07. The Morgan fingerprint density at radius 3 is 2.29 bits per heavy atom. The van der Waals surface area contributed by atoms with E-state index < -0.39 is 4.92 Å². The van der Waals surface area contributed by atoms with Gasteiger partial charge in [0.25, 0.3) is 5.69 Å². The zero-order valence-corrected chi connectivity index (χ0v) is 11.7. The molecule has 0 fully saturated rings. The Kier molecular flexibility index (Phi) is 3.98. The van der Waals surface area contributed by atoms with Gasteiger partial charge in [0.2, 0.25) is 0 Å². The number of nitrogens with zero attached hydrogens (tertiary/aromatic N) is 1. The molecule has 0 aliphatic carbocycles. The van der Waals surface area contributed by atoms with Crippen molar-refractivity contribution in [3.8, 4) is 11.5 Å². The smallest absolute Gasteiger partial charge is 0.269 e. The number of aryl methyl sites for hydroxylation is 1. The summed E-state index contributed by atoms with van der Waals surface area (Å²) in [6.45, 7) is 3.65. The van der Waals surface area contributed by atoms with Gasteiger partial charge >= 0.3 is 0 Å². The third-order valence-electron chi connectivity index (χ3n) is 3.22. The van der Waals surface area contributed by atoms with Crippen LogP contribution in [0.25, 0.3) is 0 Å². The second-order valence-corrected chi connectivity index (χ2v) is 4.91. The van der Waals surface area contributed by atoms with Crippen molar-refractivity contribution in [1.82, 2.24) is 0 Å². The van der Waals surface area contributed by atoms with E-state index in [-0.39, 0.29) is 23.2 Å². The first-order valence-electron chi connectivity index (χ1n) is 6.41. The molecule has 0 spiro atoms. The van der Waals surface area contributed by atoms with Crippen LogP contribution in [0.2, 0.25) is 0 Å². The van der Waals surface area contributed by atoms with Gasteiger partial charge in [-0.2, -0.15) is 0 Å². The first kappa shape index (κ1) is 14.6. The lowest BCUT2D eigenvalue weighted by atomic mass is 10.1. The van der Waals surface area contributed by atoms with Crippen molar-refractivity contribution in [2.24, 2.45) is 0 Å². The van der Waals surface area contributed by atoms with Gasteiger partial charge in [0.05, 0.1) is 4.92 Å². The summed E-state index contributed by atoms with van der Waals surface area (Å²) in [7, 11) is 0. The maximum absolute atomic E-state index is 10.7. The van der Waals surface area contributed by atoms with Gasteiger partial charge < -0.3 is 15.5 Å². The van der Waals surface area contributed by atoms with Gasteiger partial charge in [-0.1, -0.05) is 0 Å². The summed E-state index contributed by atoms with van der Waals surface area (Å²) in [6, 6.07) is 8.76. The number of nitro groups is 1. The molecule has 1 unspecified atom stereocenters. The molecule has 1 atom stereocenters. The molecule has 0 bridgehead atoms. The van der Waals surface area contributed by atoms with E-state index in [4.69, 9.17) is 0 Å².